The van der Waals surface area contributed by atoms with Crippen molar-refractivity contribution in [2.24, 2.45) is 0 Å². The zero-order valence-corrected chi connectivity index (χ0v) is 11.2. The number of ether oxygens (including phenoxy) is 1. The van der Waals surface area contributed by atoms with Crippen LogP contribution in [0.15, 0.2) is 24.3 Å². The van der Waals surface area contributed by atoms with Crippen molar-refractivity contribution in [3.05, 3.63) is 29.8 Å². The van der Waals surface area contributed by atoms with Crippen LogP contribution in [0.25, 0.3) is 0 Å². The zero-order chi connectivity index (χ0) is 13.8. The summed E-state index contributed by atoms with van der Waals surface area (Å²) in [6.07, 6.45) is 0. The number of nitrogens with one attached hydrogen (secondary N) is 2. The smallest absolute Gasteiger partial charge is 0.339 e. The van der Waals surface area contributed by atoms with Crippen molar-refractivity contribution in [1.29, 1.82) is 0 Å². The quantitative estimate of drug-likeness (QED) is 0.787. The summed E-state index contributed by atoms with van der Waals surface area (Å²) in [5.74, 6) is -0.599. The van der Waals surface area contributed by atoms with Crippen LogP contribution in [-0.4, -0.2) is 27.5 Å². The van der Waals surface area contributed by atoms with E-state index in [2.05, 4.69) is 14.2 Å². The highest BCUT2D eigenvalue weighted by atomic mass is 32.2. The van der Waals surface area contributed by atoms with E-state index in [9.17, 15) is 13.2 Å². The second-order valence-electron chi connectivity index (χ2n) is 3.92. The highest BCUT2D eigenvalue weighted by Gasteiger charge is 2.17. The van der Waals surface area contributed by atoms with Crippen molar-refractivity contribution in [1.82, 2.24) is 4.72 Å². The van der Waals surface area contributed by atoms with Crippen LogP contribution >= 0.6 is 0 Å². The third-order valence-corrected chi connectivity index (χ3v) is 3.24. The van der Waals surface area contributed by atoms with Gasteiger partial charge in [-0.2, -0.15) is 13.1 Å². The molecule has 6 nitrogen and oxygen atoms in total. The monoisotopic (exact) mass is 272 g/mol. The number of para-hydroxylation sites is 1. The molecule has 0 atom stereocenters. The molecule has 0 spiro atoms. The average molecular weight is 272 g/mol. The Morgan fingerprint density at radius 1 is 1.28 bits per heavy atom. The van der Waals surface area contributed by atoms with Crippen LogP contribution in [0.1, 0.15) is 24.2 Å². The molecule has 0 aliphatic rings. The van der Waals surface area contributed by atoms with Gasteiger partial charge in [0.15, 0.2) is 0 Å². The number of anilines is 1. The zero-order valence-electron chi connectivity index (χ0n) is 10.4. The summed E-state index contributed by atoms with van der Waals surface area (Å²) in [7, 11) is -2.47. The van der Waals surface area contributed by atoms with Crippen LogP contribution in [0.5, 0.6) is 0 Å². The summed E-state index contributed by atoms with van der Waals surface area (Å²) in [5, 5.41) is 0. The molecule has 0 fully saturated rings. The van der Waals surface area contributed by atoms with Crippen LogP contribution in [0.4, 0.5) is 5.69 Å². The molecule has 1 aromatic rings. The van der Waals surface area contributed by atoms with Crippen LogP contribution in [0, 0.1) is 0 Å². The van der Waals surface area contributed by atoms with E-state index in [1.165, 1.54) is 19.2 Å². The lowest BCUT2D eigenvalue weighted by Gasteiger charge is -2.13. The summed E-state index contributed by atoms with van der Waals surface area (Å²) >= 11 is 0. The molecule has 0 radical (unpaired) electrons. The Labute approximate surface area is 107 Å². The van der Waals surface area contributed by atoms with Gasteiger partial charge in [0.2, 0.25) is 0 Å². The lowest BCUT2D eigenvalue weighted by Crippen LogP contribution is -2.35. The summed E-state index contributed by atoms with van der Waals surface area (Å²) < 4.78 is 32.6. The second kappa shape index (κ2) is 5.83. The molecule has 1 rings (SSSR count). The van der Waals surface area contributed by atoms with E-state index in [1.54, 1.807) is 26.0 Å². The van der Waals surface area contributed by atoms with Crippen molar-refractivity contribution in [2.45, 2.75) is 19.9 Å². The molecule has 18 heavy (non-hydrogen) atoms. The normalized spacial score (nSPS) is 11.3. The second-order valence-corrected chi connectivity index (χ2v) is 5.36. The predicted octanol–water partition coefficient (Wildman–Crippen LogP) is 1.13. The Hall–Kier alpha value is -1.60. The number of carbonyl (C=O) groups is 1. The number of hydrogen-bond donors (Lipinski definition) is 2. The molecular weight excluding hydrogens is 256 g/mol. The van der Waals surface area contributed by atoms with E-state index in [0.717, 1.165) is 0 Å². The van der Waals surface area contributed by atoms with Gasteiger partial charge in [0.25, 0.3) is 10.2 Å². The molecule has 7 heteroatoms. The van der Waals surface area contributed by atoms with Crippen molar-refractivity contribution in [2.75, 3.05) is 11.8 Å². The average Bonchev–Trinajstić information content (AvgIpc) is 2.26. The molecule has 2 N–H and O–H groups in total. The standard InChI is InChI=1S/C11H16N2O4S/c1-8(2)12-18(15,16)13-10-7-5-4-6-9(10)11(14)17-3/h4-8,12-13H,1-3H3. The van der Waals surface area contributed by atoms with Gasteiger partial charge in [-0.25, -0.2) is 4.79 Å². The minimum atomic E-state index is -3.71. The third kappa shape index (κ3) is 4.01. The number of benzene rings is 1. The lowest BCUT2D eigenvalue weighted by molar-refractivity contribution is 0.0602. The van der Waals surface area contributed by atoms with Crippen LogP contribution < -0.4 is 9.44 Å². The number of methoxy groups -OCH3 is 1. The molecule has 100 valence electrons. The Balaban J connectivity index is 3.01. The van der Waals surface area contributed by atoms with Gasteiger partial charge in [0, 0.05) is 6.04 Å². The minimum absolute atomic E-state index is 0.161. The number of hydrogen-bond acceptors (Lipinski definition) is 4. The highest BCUT2D eigenvalue weighted by molar-refractivity contribution is 7.90. The van der Waals surface area contributed by atoms with Crippen molar-refractivity contribution in [3.8, 4) is 0 Å². The summed E-state index contributed by atoms with van der Waals surface area (Å²) in [5.41, 5.74) is 0.339. The van der Waals surface area contributed by atoms with Gasteiger partial charge in [-0.3, -0.25) is 4.72 Å². The van der Waals surface area contributed by atoms with Gasteiger partial charge in [-0.1, -0.05) is 12.1 Å². The first-order chi connectivity index (χ1) is 8.35. The number of carbonyl (C=O) groups excluding carboxylic acids is 1. The van der Waals surface area contributed by atoms with Crippen molar-refractivity contribution < 1.29 is 17.9 Å². The Morgan fingerprint density at radius 2 is 1.89 bits per heavy atom. The maximum absolute atomic E-state index is 11.7. The van der Waals surface area contributed by atoms with Crippen molar-refractivity contribution >= 4 is 21.9 Å². The maximum Gasteiger partial charge on any atom is 0.339 e. The van der Waals surface area contributed by atoms with Crippen LogP contribution in [-0.2, 0) is 14.9 Å². The van der Waals surface area contributed by atoms with E-state index in [1.807, 2.05) is 0 Å². The largest absolute Gasteiger partial charge is 0.465 e. The fourth-order valence-electron chi connectivity index (χ4n) is 1.34. The molecule has 0 bridgehead atoms. The first kappa shape index (κ1) is 14.5. The van der Waals surface area contributed by atoms with Gasteiger partial charge >= 0.3 is 5.97 Å². The Morgan fingerprint density at radius 3 is 2.44 bits per heavy atom. The summed E-state index contributed by atoms with van der Waals surface area (Å²) in [6, 6.07) is 5.98. The van der Waals surface area contributed by atoms with Gasteiger partial charge in [-0.15, -0.1) is 0 Å². The molecule has 0 heterocycles. The van der Waals surface area contributed by atoms with Gasteiger partial charge in [-0.05, 0) is 26.0 Å². The Kier molecular flexibility index (Phi) is 4.69. The molecular formula is C11H16N2O4S. The maximum atomic E-state index is 11.7. The summed E-state index contributed by atoms with van der Waals surface area (Å²) in [6.45, 7) is 3.40. The minimum Gasteiger partial charge on any atom is -0.465 e. The first-order valence-corrected chi connectivity index (χ1v) is 6.81. The first-order valence-electron chi connectivity index (χ1n) is 5.33. The number of rotatable bonds is 5. The van der Waals surface area contributed by atoms with E-state index < -0.39 is 16.2 Å². The Bertz CT molecular complexity index is 526. The molecule has 0 unspecified atom stereocenters. The molecule has 0 amide bonds. The van der Waals surface area contributed by atoms with Gasteiger partial charge in [0.05, 0.1) is 18.4 Å². The topological polar surface area (TPSA) is 84.5 Å². The lowest BCUT2D eigenvalue weighted by atomic mass is 10.2. The fraction of sp³-hybridized carbons (Fsp3) is 0.364. The highest BCUT2D eigenvalue weighted by Crippen LogP contribution is 2.17. The molecule has 0 aliphatic heterocycles. The van der Waals surface area contributed by atoms with Crippen LogP contribution in [0.3, 0.4) is 0 Å². The van der Waals surface area contributed by atoms with Gasteiger partial charge < -0.3 is 4.74 Å². The van der Waals surface area contributed by atoms with E-state index in [4.69, 9.17) is 0 Å². The van der Waals surface area contributed by atoms with Crippen LogP contribution in [0.2, 0.25) is 0 Å². The molecule has 0 aromatic heterocycles. The van der Waals surface area contributed by atoms with E-state index >= 15 is 0 Å². The fourth-order valence-corrected chi connectivity index (χ4v) is 2.49. The third-order valence-electron chi connectivity index (χ3n) is 1.97. The van der Waals surface area contributed by atoms with Crippen molar-refractivity contribution in [3.63, 3.8) is 0 Å². The molecule has 0 saturated carbocycles. The van der Waals surface area contributed by atoms with E-state index in [0.29, 0.717) is 0 Å². The predicted molar refractivity (Wildman–Crippen MR) is 68.6 cm³/mol. The molecule has 0 aliphatic carbocycles. The summed E-state index contributed by atoms with van der Waals surface area (Å²) in [4.78, 5) is 11.5. The molecule has 1 aromatic carbocycles. The molecule has 0 saturated heterocycles. The number of esters is 1. The van der Waals surface area contributed by atoms with Gasteiger partial charge in [0.1, 0.15) is 0 Å². The SMILES string of the molecule is COC(=O)c1ccccc1NS(=O)(=O)NC(C)C. The van der Waals surface area contributed by atoms with E-state index in [-0.39, 0.29) is 17.3 Å².